The Labute approximate surface area is 116 Å². The number of aryl methyl sites for hydroxylation is 1. The standard InChI is InChI=1S/C15H16N2O3/c1-9-12(14(18)17(3)10(2)15(19)20)8-11-6-4-5-7-13(11)16-9/h4-8,10H,1-3H3,(H,19,20). The molecule has 2 aromatic rings. The highest BCUT2D eigenvalue weighted by Crippen LogP contribution is 2.18. The Morgan fingerprint density at radius 1 is 1.30 bits per heavy atom. The molecule has 0 saturated carbocycles. The van der Waals surface area contributed by atoms with Crippen molar-refractivity contribution < 1.29 is 14.7 Å². The van der Waals surface area contributed by atoms with Gasteiger partial charge >= 0.3 is 5.97 Å². The van der Waals surface area contributed by atoms with Crippen LogP contribution in [0.4, 0.5) is 0 Å². The van der Waals surface area contributed by atoms with E-state index in [1.54, 1.807) is 13.0 Å². The zero-order chi connectivity index (χ0) is 14.9. The lowest BCUT2D eigenvalue weighted by Crippen LogP contribution is -2.40. The first kappa shape index (κ1) is 14.0. The van der Waals surface area contributed by atoms with E-state index in [9.17, 15) is 9.59 Å². The maximum atomic E-state index is 12.4. The number of pyridine rings is 1. The van der Waals surface area contributed by atoms with Gasteiger partial charge in [0.2, 0.25) is 0 Å². The van der Waals surface area contributed by atoms with Gasteiger partial charge < -0.3 is 10.0 Å². The van der Waals surface area contributed by atoms with Gasteiger partial charge in [-0.25, -0.2) is 4.79 Å². The molecule has 0 saturated heterocycles. The van der Waals surface area contributed by atoms with Crippen LogP contribution in [0.1, 0.15) is 23.0 Å². The minimum absolute atomic E-state index is 0.337. The first-order valence-corrected chi connectivity index (χ1v) is 6.28. The van der Waals surface area contributed by atoms with Crippen molar-refractivity contribution in [3.8, 4) is 0 Å². The van der Waals surface area contributed by atoms with E-state index in [2.05, 4.69) is 4.98 Å². The summed E-state index contributed by atoms with van der Waals surface area (Å²) >= 11 is 0. The maximum absolute atomic E-state index is 12.4. The van der Waals surface area contributed by atoms with Gasteiger partial charge in [-0.15, -0.1) is 0 Å². The number of aliphatic carboxylic acids is 1. The summed E-state index contributed by atoms with van der Waals surface area (Å²) in [7, 11) is 1.48. The van der Waals surface area contributed by atoms with Gasteiger partial charge in [-0.2, -0.15) is 0 Å². The number of carbonyl (C=O) groups is 2. The number of hydrogen-bond donors (Lipinski definition) is 1. The third-order valence-electron chi connectivity index (χ3n) is 3.40. The highest BCUT2D eigenvalue weighted by atomic mass is 16.4. The van der Waals surface area contributed by atoms with Crippen LogP contribution in [-0.4, -0.2) is 40.0 Å². The van der Waals surface area contributed by atoms with Crippen LogP contribution in [-0.2, 0) is 4.79 Å². The number of carboxylic acid groups (broad SMARTS) is 1. The lowest BCUT2D eigenvalue weighted by atomic mass is 10.1. The summed E-state index contributed by atoms with van der Waals surface area (Å²) in [5, 5.41) is 9.84. The smallest absolute Gasteiger partial charge is 0.326 e. The number of para-hydroxylation sites is 1. The summed E-state index contributed by atoms with van der Waals surface area (Å²) < 4.78 is 0. The first-order chi connectivity index (χ1) is 9.41. The monoisotopic (exact) mass is 272 g/mol. The predicted octanol–water partition coefficient (Wildman–Crippen LogP) is 2.09. The average molecular weight is 272 g/mol. The molecule has 0 aliphatic heterocycles. The quantitative estimate of drug-likeness (QED) is 0.928. The van der Waals surface area contributed by atoms with Gasteiger partial charge in [-0.1, -0.05) is 18.2 Å². The second kappa shape index (κ2) is 5.28. The fraction of sp³-hybridized carbons (Fsp3) is 0.267. The summed E-state index contributed by atoms with van der Waals surface area (Å²) in [6.07, 6.45) is 0. The number of aromatic nitrogens is 1. The fourth-order valence-corrected chi connectivity index (χ4v) is 1.96. The summed E-state index contributed by atoms with van der Waals surface area (Å²) in [5.41, 5.74) is 1.84. The summed E-state index contributed by atoms with van der Waals surface area (Å²) in [6, 6.07) is 8.38. The van der Waals surface area contributed by atoms with E-state index < -0.39 is 12.0 Å². The molecule has 5 heteroatoms. The molecule has 0 radical (unpaired) electrons. The Kier molecular flexibility index (Phi) is 3.70. The molecule has 0 aliphatic carbocycles. The molecule has 1 aromatic heterocycles. The van der Waals surface area contributed by atoms with Crippen molar-refractivity contribution >= 4 is 22.8 Å². The molecule has 1 aromatic carbocycles. The predicted molar refractivity (Wildman–Crippen MR) is 75.7 cm³/mol. The van der Waals surface area contributed by atoms with Crippen LogP contribution in [0.15, 0.2) is 30.3 Å². The van der Waals surface area contributed by atoms with Crippen molar-refractivity contribution in [2.45, 2.75) is 19.9 Å². The fourth-order valence-electron chi connectivity index (χ4n) is 1.96. The number of fused-ring (bicyclic) bond motifs is 1. The second-order valence-corrected chi connectivity index (χ2v) is 4.74. The number of carboxylic acids is 1. The Hall–Kier alpha value is -2.43. The van der Waals surface area contributed by atoms with Gasteiger partial charge in [0.05, 0.1) is 16.8 Å². The molecule has 104 valence electrons. The zero-order valence-corrected chi connectivity index (χ0v) is 11.6. The van der Waals surface area contributed by atoms with Gasteiger partial charge in [0.25, 0.3) is 5.91 Å². The van der Waals surface area contributed by atoms with E-state index in [1.807, 2.05) is 24.3 Å². The molecule has 0 bridgehead atoms. The molecule has 1 amide bonds. The average Bonchev–Trinajstić information content (AvgIpc) is 2.44. The third-order valence-corrected chi connectivity index (χ3v) is 3.40. The highest BCUT2D eigenvalue weighted by Gasteiger charge is 2.24. The number of amides is 1. The largest absolute Gasteiger partial charge is 0.480 e. The Morgan fingerprint density at radius 3 is 2.60 bits per heavy atom. The molecule has 2 rings (SSSR count). The Morgan fingerprint density at radius 2 is 1.95 bits per heavy atom. The number of likely N-dealkylation sites (N-methyl/N-ethyl adjacent to an activating group) is 1. The molecule has 0 spiro atoms. The summed E-state index contributed by atoms with van der Waals surface area (Å²) in [6.45, 7) is 3.23. The first-order valence-electron chi connectivity index (χ1n) is 6.28. The molecule has 1 heterocycles. The zero-order valence-electron chi connectivity index (χ0n) is 11.6. The van der Waals surface area contributed by atoms with Gasteiger partial charge in [-0.05, 0) is 26.0 Å². The van der Waals surface area contributed by atoms with Crippen LogP contribution in [0, 0.1) is 6.92 Å². The van der Waals surface area contributed by atoms with Crippen molar-refractivity contribution in [2.75, 3.05) is 7.05 Å². The van der Waals surface area contributed by atoms with Crippen molar-refractivity contribution in [3.63, 3.8) is 0 Å². The van der Waals surface area contributed by atoms with Crippen LogP contribution in [0.2, 0.25) is 0 Å². The molecule has 5 nitrogen and oxygen atoms in total. The molecule has 1 N–H and O–H groups in total. The molecule has 0 fully saturated rings. The van der Waals surface area contributed by atoms with E-state index in [1.165, 1.54) is 18.9 Å². The second-order valence-electron chi connectivity index (χ2n) is 4.74. The van der Waals surface area contributed by atoms with Gasteiger partial charge in [-0.3, -0.25) is 9.78 Å². The normalized spacial score (nSPS) is 12.2. The minimum atomic E-state index is -1.03. The molecule has 0 aliphatic rings. The highest BCUT2D eigenvalue weighted by molar-refractivity contribution is 6.00. The SMILES string of the molecule is Cc1nc2ccccc2cc1C(=O)N(C)C(C)C(=O)O. The lowest BCUT2D eigenvalue weighted by molar-refractivity contribution is -0.141. The molecule has 1 atom stereocenters. The summed E-state index contributed by atoms with van der Waals surface area (Å²) in [5.74, 6) is -1.37. The van der Waals surface area contributed by atoms with Crippen LogP contribution in [0.5, 0.6) is 0 Å². The van der Waals surface area contributed by atoms with Crippen LogP contribution in [0.25, 0.3) is 10.9 Å². The topological polar surface area (TPSA) is 70.5 Å². The van der Waals surface area contributed by atoms with Gasteiger partial charge in [0.1, 0.15) is 6.04 Å². The number of rotatable bonds is 3. The van der Waals surface area contributed by atoms with Crippen molar-refractivity contribution in [3.05, 3.63) is 41.6 Å². The van der Waals surface area contributed by atoms with Crippen molar-refractivity contribution in [1.82, 2.24) is 9.88 Å². The van der Waals surface area contributed by atoms with Gasteiger partial charge in [0.15, 0.2) is 0 Å². The number of benzene rings is 1. The van der Waals surface area contributed by atoms with Crippen LogP contribution in [0.3, 0.4) is 0 Å². The van der Waals surface area contributed by atoms with Gasteiger partial charge in [0, 0.05) is 12.4 Å². The summed E-state index contributed by atoms with van der Waals surface area (Å²) in [4.78, 5) is 28.9. The van der Waals surface area contributed by atoms with Crippen LogP contribution < -0.4 is 0 Å². The third kappa shape index (κ3) is 2.47. The van der Waals surface area contributed by atoms with Crippen molar-refractivity contribution in [2.24, 2.45) is 0 Å². The Bertz CT molecular complexity index is 682. The molecule has 1 unspecified atom stereocenters. The minimum Gasteiger partial charge on any atom is -0.480 e. The lowest BCUT2D eigenvalue weighted by Gasteiger charge is -2.22. The molecule has 20 heavy (non-hydrogen) atoms. The number of nitrogens with zero attached hydrogens (tertiary/aromatic N) is 2. The van der Waals surface area contributed by atoms with Crippen LogP contribution >= 0.6 is 0 Å². The molecular formula is C15H16N2O3. The van der Waals surface area contributed by atoms with Crippen molar-refractivity contribution in [1.29, 1.82) is 0 Å². The number of hydrogen-bond acceptors (Lipinski definition) is 3. The van der Waals surface area contributed by atoms with E-state index in [0.29, 0.717) is 11.3 Å². The maximum Gasteiger partial charge on any atom is 0.326 e. The van der Waals surface area contributed by atoms with E-state index in [4.69, 9.17) is 5.11 Å². The van der Waals surface area contributed by atoms with E-state index in [-0.39, 0.29) is 5.91 Å². The number of carbonyl (C=O) groups excluding carboxylic acids is 1. The molecular weight excluding hydrogens is 256 g/mol. The van der Waals surface area contributed by atoms with E-state index >= 15 is 0 Å². The Balaban J connectivity index is 2.44. The van der Waals surface area contributed by atoms with E-state index in [0.717, 1.165) is 10.9 Å².